The molecule has 5 heterocycles. The van der Waals surface area contributed by atoms with E-state index in [4.69, 9.17) is 0 Å². The van der Waals surface area contributed by atoms with Crippen LogP contribution in [-0.4, -0.2) is 66.5 Å². The smallest absolute Gasteiger partial charge is 0.259 e. The summed E-state index contributed by atoms with van der Waals surface area (Å²) in [5, 5.41) is 4.93. The summed E-state index contributed by atoms with van der Waals surface area (Å²) in [6.45, 7) is 8.54. The normalized spacial score (nSPS) is 14.6. The van der Waals surface area contributed by atoms with Crippen molar-refractivity contribution in [3.8, 4) is 0 Å². The van der Waals surface area contributed by atoms with Crippen molar-refractivity contribution in [3.63, 3.8) is 0 Å². The van der Waals surface area contributed by atoms with Gasteiger partial charge in [-0.15, -0.1) is 11.3 Å². The minimum atomic E-state index is -0.125. The van der Waals surface area contributed by atoms with Crippen molar-refractivity contribution in [1.82, 2.24) is 34.4 Å². The molecular weight excluding hydrogens is 428 g/mol. The summed E-state index contributed by atoms with van der Waals surface area (Å²) in [5.41, 5.74) is 1.74. The Bertz CT molecular complexity index is 1380. The van der Waals surface area contributed by atoms with E-state index in [1.807, 2.05) is 31.7 Å². The Balaban J connectivity index is 1.23. The number of nitrogens with one attached hydrogen (secondary N) is 1. The Morgan fingerprint density at radius 2 is 1.94 bits per heavy atom. The second kappa shape index (κ2) is 7.97. The fourth-order valence-corrected chi connectivity index (χ4v) is 5.17. The van der Waals surface area contributed by atoms with E-state index < -0.39 is 0 Å². The SMILES string of the molecule is Cc1cc(N2CCN(C(=O)CCc3nc4sc(C)c(C)c4c(=O)[nH]3)CC2)n2ncnc2n1. The number of carbonyl (C=O) groups is 1. The summed E-state index contributed by atoms with van der Waals surface area (Å²) in [6, 6.07) is 1.99. The fraction of sp³-hybridized carbons (Fsp3) is 0.429. The van der Waals surface area contributed by atoms with Gasteiger partial charge < -0.3 is 14.8 Å². The Labute approximate surface area is 187 Å². The van der Waals surface area contributed by atoms with Crippen molar-refractivity contribution in [1.29, 1.82) is 0 Å². The molecule has 1 amide bonds. The molecule has 0 aliphatic carbocycles. The van der Waals surface area contributed by atoms with Crippen LogP contribution in [0.3, 0.4) is 0 Å². The lowest BCUT2D eigenvalue weighted by Crippen LogP contribution is -2.49. The number of H-pyrrole nitrogens is 1. The molecule has 1 aliphatic rings. The molecule has 5 rings (SSSR count). The van der Waals surface area contributed by atoms with Gasteiger partial charge in [0.05, 0.1) is 5.39 Å². The van der Waals surface area contributed by atoms with Gasteiger partial charge in [0.15, 0.2) is 0 Å². The van der Waals surface area contributed by atoms with E-state index in [0.29, 0.717) is 56.0 Å². The highest BCUT2D eigenvalue weighted by Crippen LogP contribution is 2.26. The third-order valence-electron chi connectivity index (χ3n) is 5.98. The van der Waals surface area contributed by atoms with E-state index in [2.05, 4.69) is 29.9 Å². The molecule has 0 saturated carbocycles. The van der Waals surface area contributed by atoms with E-state index in [-0.39, 0.29) is 11.5 Å². The molecule has 0 atom stereocenters. The van der Waals surface area contributed by atoms with Gasteiger partial charge in [0.1, 0.15) is 22.8 Å². The number of rotatable bonds is 4. The Morgan fingerprint density at radius 1 is 1.16 bits per heavy atom. The third-order valence-corrected chi connectivity index (χ3v) is 7.08. The minimum Gasteiger partial charge on any atom is -0.353 e. The highest BCUT2D eigenvalue weighted by atomic mass is 32.1. The quantitative estimate of drug-likeness (QED) is 0.501. The Morgan fingerprint density at radius 3 is 2.72 bits per heavy atom. The predicted octanol–water partition coefficient (Wildman–Crippen LogP) is 1.63. The first kappa shape index (κ1) is 20.6. The van der Waals surface area contributed by atoms with Gasteiger partial charge in [0, 0.05) is 55.7 Å². The lowest BCUT2D eigenvalue weighted by atomic mass is 10.2. The molecule has 1 saturated heterocycles. The van der Waals surface area contributed by atoms with E-state index >= 15 is 0 Å². The molecule has 11 heteroatoms. The van der Waals surface area contributed by atoms with Gasteiger partial charge in [-0.3, -0.25) is 9.59 Å². The van der Waals surface area contributed by atoms with Gasteiger partial charge in [-0.2, -0.15) is 14.6 Å². The Hall–Kier alpha value is -3.34. The van der Waals surface area contributed by atoms with Gasteiger partial charge in [-0.25, -0.2) is 9.97 Å². The molecule has 1 fully saturated rings. The second-order valence-electron chi connectivity index (χ2n) is 8.07. The summed E-state index contributed by atoms with van der Waals surface area (Å²) in [5.74, 6) is 2.15. The number of carbonyl (C=O) groups excluding carboxylic acids is 1. The van der Waals surface area contributed by atoms with Crippen LogP contribution in [0, 0.1) is 20.8 Å². The molecule has 166 valence electrons. The molecule has 0 radical (unpaired) electrons. The van der Waals surface area contributed by atoms with E-state index in [1.165, 1.54) is 17.7 Å². The van der Waals surface area contributed by atoms with Crippen molar-refractivity contribution in [2.24, 2.45) is 0 Å². The molecule has 0 spiro atoms. The highest BCUT2D eigenvalue weighted by Gasteiger charge is 2.23. The third kappa shape index (κ3) is 3.62. The maximum absolute atomic E-state index is 12.8. The molecule has 4 aromatic heterocycles. The standard InChI is InChI=1S/C21H24N8O2S/c1-12-10-16(29-21(24-12)22-11-23-29)27-6-8-28(9-7-27)17(30)5-4-15-25-19(31)18-13(2)14(3)32-20(18)26-15/h10-11H,4-9H2,1-3H3,(H,25,26,31). The van der Waals surface area contributed by atoms with E-state index in [1.54, 1.807) is 4.52 Å². The molecule has 1 N–H and O–H groups in total. The minimum absolute atomic E-state index is 0.0720. The number of thiophene rings is 1. The van der Waals surface area contributed by atoms with Crippen molar-refractivity contribution in [2.45, 2.75) is 33.6 Å². The van der Waals surface area contributed by atoms with Gasteiger partial charge in [0.2, 0.25) is 5.91 Å². The van der Waals surface area contributed by atoms with Gasteiger partial charge >= 0.3 is 0 Å². The number of amides is 1. The summed E-state index contributed by atoms with van der Waals surface area (Å²) in [7, 11) is 0. The molecule has 32 heavy (non-hydrogen) atoms. The molecule has 4 aromatic rings. The number of piperazine rings is 1. The number of hydrogen-bond donors (Lipinski definition) is 1. The second-order valence-corrected chi connectivity index (χ2v) is 9.27. The topological polar surface area (TPSA) is 112 Å². The molecule has 0 unspecified atom stereocenters. The van der Waals surface area contributed by atoms with Gasteiger partial charge in [-0.05, 0) is 26.3 Å². The van der Waals surface area contributed by atoms with Crippen LogP contribution in [0.1, 0.15) is 28.4 Å². The number of fused-ring (bicyclic) bond motifs is 2. The lowest BCUT2D eigenvalue weighted by Gasteiger charge is -2.36. The zero-order valence-electron chi connectivity index (χ0n) is 18.3. The summed E-state index contributed by atoms with van der Waals surface area (Å²) in [4.78, 5) is 47.2. The van der Waals surface area contributed by atoms with Gasteiger partial charge in [0.25, 0.3) is 11.3 Å². The molecule has 0 bridgehead atoms. The van der Waals surface area contributed by atoms with Crippen LogP contribution < -0.4 is 10.5 Å². The first-order valence-electron chi connectivity index (χ1n) is 10.6. The zero-order valence-corrected chi connectivity index (χ0v) is 19.1. The number of aryl methyl sites for hydroxylation is 4. The summed E-state index contributed by atoms with van der Waals surface area (Å²) < 4.78 is 1.73. The van der Waals surface area contributed by atoms with Crippen molar-refractivity contribution >= 4 is 39.1 Å². The van der Waals surface area contributed by atoms with Crippen LogP contribution in [-0.2, 0) is 11.2 Å². The number of nitrogens with zero attached hydrogens (tertiary/aromatic N) is 7. The Kier molecular flexibility index (Phi) is 5.12. The molecular formula is C21H24N8O2S. The largest absolute Gasteiger partial charge is 0.353 e. The monoisotopic (exact) mass is 452 g/mol. The van der Waals surface area contributed by atoms with Crippen molar-refractivity contribution in [2.75, 3.05) is 31.1 Å². The van der Waals surface area contributed by atoms with Crippen molar-refractivity contribution < 1.29 is 4.79 Å². The number of hydrogen-bond acceptors (Lipinski definition) is 8. The van der Waals surface area contributed by atoms with Crippen LogP contribution in [0.4, 0.5) is 5.82 Å². The number of aromatic nitrogens is 6. The summed E-state index contributed by atoms with van der Waals surface area (Å²) in [6.07, 6.45) is 2.24. The average Bonchev–Trinajstić information content (AvgIpc) is 3.35. The van der Waals surface area contributed by atoms with E-state index in [0.717, 1.165) is 26.8 Å². The lowest BCUT2D eigenvalue weighted by molar-refractivity contribution is -0.131. The molecule has 1 aliphatic heterocycles. The number of aromatic amines is 1. The average molecular weight is 453 g/mol. The van der Waals surface area contributed by atoms with Crippen molar-refractivity contribution in [3.05, 3.63) is 44.7 Å². The first-order chi connectivity index (χ1) is 15.4. The molecule has 10 nitrogen and oxygen atoms in total. The van der Waals surface area contributed by atoms with Crippen LogP contribution >= 0.6 is 11.3 Å². The van der Waals surface area contributed by atoms with Crippen LogP contribution in [0.2, 0.25) is 0 Å². The highest BCUT2D eigenvalue weighted by molar-refractivity contribution is 7.18. The number of anilines is 1. The maximum atomic E-state index is 12.8. The fourth-order valence-electron chi connectivity index (χ4n) is 4.12. The first-order valence-corrected chi connectivity index (χ1v) is 11.4. The predicted molar refractivity (Wildman–Crippen MR) is 122 cm³/mol. The van der Waals surface area contributed by atoms with Crippen LogP contribution in [0.25, 0.3) is 16.0 Å². The van der Waals surface area contributed by atoms with E-state index in [9.17, 15) is 9.59 Å². The van der Waals surface area contributed by atoms with Crippen LogP contribution in [0.15, 0.2) is 17.2 Å². The van der Waals surface area contributed by atoms with Crippen LogP contribution in [0.5, 0.6) is 0 Å². The maximum Gasteiger partial charge on any atom is 0.259 e. The zero-order chi connectivity index (χ0) is 22.4. The van der Waals surface area contributed by atoms with Gasteiger partial charge in [-0.1, -0.05) is 0 Å². The summed E-state index contributed by atoms with van der Waals surface area (Å²) >= 11 is 1.52. The molecule has 0 aromatic carbocycles.